The fourth-order valence-electron chi connectivity index (χ4n) is 4.31. The molecule has 3 atom stereocenters. The van der Waals surface area contributed by atoms with Crippen LogP contribution in [0.5, 0.6) is 11.5 Å². The minimum Gasteiger partial charge on any atom is -0.497 e. The summed E-state index contributed by atoms with van der Waals surface area (Å²) in [5.74, 6) is 0.0713. The van der Waals surface area contributed by atoms with E-state index >= 15 is 0 Å². The first-order valence-electron chi connectivity index (χ1n) is 9.78. The van der Waals surface area contributed by atoms with E-state index in [0.29, 0.717) is 20.8 Å². The lowest BCUT2D eigenvalue weighted by Gasteiger charge is -2.44. The van der Waals surface area contributed by atoms with Crippen molar-refractivity contribution in [3.8, 4) is 11.5 Å². The number of carbonyl (C=O) groups is 1. The Labute approximate surface area is 181 Å². The highest BCUT2D eigenvalue weighted by molar-refractivity contribution is 7.07. The van der Waals surface area contributed by atoms with E-state index in [2.05, 4.69) is 0 Å². The minimum absolute atomic E-state index is 0.204. The van der Waals surface area contributed by atoms with Gasteiger partial charge in [0.2, 0.25) is 5.72 Å². The van der Waals surface area contributed by atoms with Crippen LogP contribution in [0.1, 0.15) is 24.1 Å². The van der Waals surface area contributed by atoms with Gasteiger partial charge in [-0.2, -0.15) is 0 Å². The molecule has 0 spiro atoms. The van der Waals surface area contributed by atoms with Gasteiger partial charge in [0, 0.05) is 5.56 Å². The molecule has 3 aromatic rings. The highest BCUT2D eigenvalue weighted by Gasteiger charge is 2.55. The Hall–Kier alpha value is -3.39. The first kappa shape index (κ1) is 19.6. The Bertz CT molecular complexity index is 1380. The molecular formula is C23H20N2O5S. The van der Waals surface area contributed by atoms with Gasteiger partial charge < -0.3 is 14.2 Å². The van der Waals surface area contributed by atoms with E-state index in [1.165, 1.54) is 18.4 Å². The van der Waals surface area contributed by atoms with E-state index in [9.17, 15) is 9.59 Å². The van der Waals surface area contributed by atoms with Gasteiger partial charge >= 0.3 is 5.97 Å². The number of thiazole rings is 1. The molecule has 2 aromatic carbocycles. The number of nitrogens with zero attached hydrogens (tertiary/aromatic N) is 2. The number of hydrogen-bond acceptors (Lipinski definition) is 7. The number of methoxy groups -OCH3 is 2. The second-order valence-electron chi connectivity index (χ2n) is 7.60. The predicted molar refractivity (Wildman–Crippen MR) is 115 cm³/mol. The lowest BCUT2D eigenvalue weighted by Crippen LogP contribution is -2.58. The molecule has 7 nitrogen and oxygen atoms in total. The van der Waals surface area contributed by atoms with Gasteiger partial charge in [0.05, 0.1) is 24.8 Å². The largest absolute Gasteiger partial charge is 0.497 e. The molecule has 8 heteroatoms. The topological polar surface area (TPSA) is 79.1 Å². The Balaban J connectivity index is 1.77. The van der Waals surface area contributed by atoms with Crippen molar-refractivity contribution in [2.45, 2.75) is 18.7 Å². The van der Waals surface area contributed by atoms with Gasteiger partial charge in [-0.15, -0.1) is 0 Å². The van der Waals surface area contributed by atoms with Gasteiger partial charge in [-0.3, -0.25) is 14.2 Å². The van der Waals surface area contributed by atoms with Crippen molar-refractivity contribution in [1.82, 2.24) is 4.57 Å². The van der Waals surface area contributed by atoms with Crippen LogP contribution in [-0.2, 0) is 9.53 Å². The molecule has 2 aliphatic rings. The van der Waals surface area contributed by atoms with Crippen molar-refractivity contribution < 1.29 is 19.0 Å². The molecule has 0 radical (unpaired) electrons. The van der Waals surface area contributed by atoms with Crippen molar-refractivity contribution in [1.29, 1.82) is 0 Å². The van der Waals surface area contributed by atoms with Gasteiger partial charge in [0.15, 0.2) is 4.80 Å². The number of carbonyl (C=O) groups excluding carboxylic acids is 1. The molecule has 3 heterocycles. The van der Waals surface area contributed by atoms with Crippen LogP contribution >= 0.6 is 11.3 Å². The standard InChI is InChI=1S/C23H20N2O5S/c1-23-18(21(27)29-3)19(15-9-4-5-10-16(15)30-23)25-20(26)17(31-22(25)24-23)12-13-7-6-8-14(11-13)28-2/h4-12,18-19H,1-3H3/b17-12-. The summed E-state index contributed by atoms with van der Waals surface area (Å²) in [5.41, 5.74) is 0.228. The molecule has 0 aliphatic carbocycles. The maximum atomic E-state index is 13.5. The van der Waals surface area contributed by atoms with Crippen LogP contribution in [0.2, 0.25) is 0 Å². The number of esters is 1. The molecule has 1 aromatic heterocycles. The van der Waals surface area contributed by atoms with E-state index in [1.807, 2.05) is 54.6 Å². The van der Waals surface area contributed by atoms with Crippen LogP contribution in [0, 0.1) is 5.92 Å². The summed E-state index contributed by atoms with van der Waals surface area (Å²) < 4.78 is 18.6. The number of para-hydroxylation sites is 1. The van der Waals surface area contributed by atoms with Crippen molar-refractivity contribution in [3.05, 3.63) is 79.3 Å². The minimum atomic E-state index is -1.17. The van der Waals surface area contributed by atoms with Crippen molar-refractivity contribution >= 4 is 23.4 Å². The zero-order chi connectivity index (χ0) is 21.8. The van der Waals surface area contributed by atoms with Gasteiger partial charge in [-0.1, -0.05) is 41.7 Å². The van der Waals surface area contributed by atoms with Gasteiger partial charge in [-0.25, -0.2) is 4.99 Å². The number of ether oxygens (including phenoxy) is 3. The van der Waals surface area contributed by atoms with Gasteiger partial charge in [0.1, 0.15) is 17.4 Å². The number of aromatic nitrogens is 1. The molecule has 0 fully saturated rings. The Morgan fingerprint density at radius 1 is 1.23 bits per heavy atom. The predicted octanol–water partition coefficient (Wildman–Crippen LogP) is 1.87. The van der Waals surface area contributed by atoms with Crippen LogP contribution in [0.3, 0.4) is 0 Å². The SMILES string of the molecule is COC(=O)C1C2c3ccccc3OC1(C)N=c1s/c(=C\c3cccc(OC)c3)c(=O)n12. The lowest BCUT2D eigenvalue weighted by atomic mass is 9.81. The Morgan fingerprint density at radius 2 is 2.03 bits per heavy atom. The molecule has 0 saturated heterocycles. The van der Waals surface area contributed by atoms with E-state index in [1.54, 1.807) is 18.6 Å². The zero-order valence-corrected chi connectivity index (χ0v) is 18.0. The summed E-state index contributed by atoms with van der Waals surface area (Å²) in [6.45, 7) is 1.76. The van der Waals surface area contributed by atoms with E-state index in [0.717, 1.165) is 11.1 Å². The second-order valence-corrected chi connectivity index (χ2v) is 8.61. The van der Waals surface area contributed by atoms with Crippen LogP contribution in [0.4, 0.5) is 0 Å². The highest BCUT2D eigenvalue weighted by atomic mass is 32.1. The average molecular weight is 436 g/mol. The second kappa shape index (κ2) is 7.09. The van der Waals surface area contributed by atoms with Gasteiger partial charge in [0.25, 0.3) is 5.56 Å². The summed E-state index contributed by atoms with van der Waals surface area (Å²) in [6.07, 6.45) is 1.81. The maximum Gasteiger partial charge on any atom is 0.317 e. The Morgan fingerprint density at radius 3 is 2.81 bits per heavy atom. The van der Waals surface area contributed by atoms with Crippen molar-refractivity contribution in [3.63, 3.8) is 0 Å². The molecule has 2 aliphatic heterocycles. The normalized spacial score (nSPS) is 23.8. The zero-order valence-electron chi connectivity index (χ0n) is 17.2. The van der Waals surface area contributed by atoms with Gasteiger partial charge in [-0.05, 0) is 36.8 Å². The van der Waals surface area contributed by atoms with E-state index in [4.69, 9.17) is 19.2 Å². The van der Waals surface area contributed by atoms with Crippen LogP contribution in [0.15, 0.2) is 58.3 Å². The molecule has 3 unspecified atom stereocenters. The number of fused-ring (bicyclic) bond motifs is 6. The third-order valence-corrected chi connectivity index (χ3v) is 6.71. The smallest absolute Gasteiger partial charge is 0.317 e. The monoisotopic (exact) mass is 436 g/mol. The Kier molecular flexibility index (Phi) is 4.48. The first-order valence-corrected chi connectivity index (χ1v) is 10.6. The molecule has 31 heavy (non-hydrogen) atoms. The lowest BCUT2D eigenvalue weighted by molar-refractivity contribution is -0.158. The molecule has 0 N–H and O–H groups in total. The summed E-state index contributed by atoms with van der Waals surface area (Å²) in [7, 11) is 2.93. The summed E-state index contributed by atoms with van der Waals surface area (Å²) in [5, 5.41) is 0. The average Bonchev–Trinajstić information content (AvgIpc) is 3.06. The third kappa shape index (κ3) is 2.97. The fourth-order valence-corrected chi connectivity index (χ4v) is 5.41. The molecule has 2 bridgehead atoms. The summed E-state index contributed by atoms with van der Waals surface area (Å²) >= 11 is 1.28. The molecule has 0 amide bonds. The quantitative estimate of drug-likeness (QED) is 0.586. The van der Waals surface area contributed by atoms with Crippen molar-refractivity contribution in [2.75, 3.05) is 14.2 Å². The molecule has 158 valence electrons. The molecular weight excluding hydrogens is 416 g/mol. The van der Waals surface area contributed by atoms with Crippen LogP contribution in [-0.4, -0.2) is 30.5 Å². The summed E-state index contributed by atoms with van der Waals surface area (Å²) in [6, 6.07) is 14.3. The molecule has 5 rings (SSSR count). The first-order chi connectivity index (χ1) is 14.9. The van der Waals surface area contributed by atoms with Crippen molar-refractivity contribution in [2.24, 2.45) is 10.9 Å². The van der Waals surface area contributed by atoms with E-state index < -0.39 is 23.7 Å². The third-order valence-electron chi connectivity index (χ3n) is 5.73. The fraction of sp³-hybridized carbons (Fsp3) is 0.261. The number of rotatable bonds is 3. The highest BCUT2D eigenvalue weighted by Crippen LogP contribution is 2.47. The number of hydrogen-bond donors (Lipinski definition) is 0. The maximum absolute atomic E-state index is 13.5. The molecule has 0 saturated carbocycles. The van der Waals surface area contributed by atoms with Crippen LogP contribution < -0.4 is 24.4 Å². The van der Waals surface area contributed by atoms with E-state index in [-0.39, 0.29) is 5.56 Å². The number of benzene rings is 2. The summed E-state index contributed by atoms with van der Waals surface area (Å²) in [4.78, 5) is 31.5. The van der Waals surface area contributed by atoms with Crippen LogP contribution in [0.25, 0.3) is 6.08 Å².